The molecule has 0 bridgehead atoms. The zero-order valence-electron chi connectivity index (χ0n) is 17.7. The van der Waals surface area contributed by atoms with Crippen molar-refractivity contribution in [2.45, 2.75) is 49.8 Å². The Morgan fingerprint density at radius 3 is 2.40 bits per heavy atom. The minimum atomic E-state index is -3.65. The Labute approximate surface area is 180 Å². The molecule has 1 aliphatic rings. The van der Waals surface area contributed by atoms with Gasteiger partial charge >= 0.3 is 0 Å². The Hall–Kier alpha value is -2.19. The van der Waals surface area contributed by atoms with Crippen LogP contribution in [0.4, 0.5) is 0 Å². The number of carbonyl (C=O) groups is 2. The van der Waals surface area contributed by atoms with Gasteiger partial charge in [-0.2, -0.15) is 0 Å². The van der Waals surface area contributed by atoms with E-state index in [-0.39, 0.29) is 23.3 Å². The van der Waals surface area contributed by atoms with Gasteiger partial charge in [0.25, 0.3) is 5.91 Å². The van der Waals surface area contributed by atoms with Gasteiger partial charge in [0.2, 0.25) is 15.9 Å². The van der Waals surface area contributed by atoms with Crippen molar-refractivity contribution >= 4 is 21.8 Å². The lowest BCUT2D eigenvalue weighted by molar-refractivity contribution is -0.116. The molecule has 1 aliphatic carbocycles. The molecule has 0 unspecified atom stereocenters. The summed E-state index contributed by atoms with van der Waals surface area (Å²) in [5.74, 6) is 0.237. The SMILES string of the molecule is C=CC(=O)NCCCN(C)S(=O)(=O)c1ccc(C(=O)NCCC2CCCCC2)cc1. The van der Waals surface area contributed by atoms with Gasteiger partial charge in [-0.05, 0) is 49.1 Å². The third-order valence-electron chi connectivity index (χ3n) is 5.52. The molecule has 0 radical (unpaired) electrons. The molecular formula is C22H33N3O4S. The van der Waals surface area contributed by atoms with E-state index in [2.05, 4.69) is 17.2 Å². The minimum Gasteiger partial charge on any atom is -0.353 e. The third kappa shape index (κ3) is 7.25. The maximum absolute atomic E-state index is 12.7. The summed E-state index contributed by atoms with van der Waals surface area (Å²) in [7, 11) is -2.15. The van der Waals surface area contributed by atoms with Crippen LogP contribution in [0.3, 0.4) is 0 Å². The predicted molar refractivity (Wildman–Crippen MR) is 118 cm³/mol. The van der Waals surface area contributed by atoms with Crippen molar-refractivity contribution in [2.24, 2.45) is 5.92 Å². The van der Waals surface area contributed by atoms with Gasteiger partial charge in [0.1, 0.15) is 0 Å². The fraction of sp³-hybridized carbons (Fsp3) is 0.545. The molecule has 0 heterocycles. The van der Waals surface area contributed by atoms with Crippen LogP contribution in [0, 0.1) is 5.92 Å². The van der Waals surface area contributed by atoms with E-state index in [0.717, 1.165) is 6.42 Å². The number of carbonyl (C=O) groups excluding carboxylic acids is 2. The number of nitrogens with one attached hydrogen (secondary N) is 2. The van der Waals surface area contributed by atoms with E-state index in [4.69, 9.17) is 0 Å². The Balaban J connectivity index is 1.82. The van der Waals surface area contributed by atoms with Gasteiger partial charge in [-0.3, -0.25) is 9.59 Å². The van der Waals surface area contributed by atoms with Crippen molar-refractivity contribution in [3.63, 3.8) is 0 Å². The molecular weight excluding hydrogens is 402 g/mol. The number of nitrogens with zero attached hydrogens (tertiary/aromatic N) is 1. The van der Waals surface area contributed by atoms with Crippen LogP contribution in [0.2, 0.25) is 0 Å². The van der Waals surface area contributed by atoms with Crippen LogP contribution < -0.4 is 10.6 Å². The third-order valence-corrected chi connectivity index (χ3v) is 7.39. The molecule has 0 aromatic heterocycles. The molecule has 30 heavy (non-hydrogen) atoms. The van der Waals surface area contributed by atoms with Gasteiger partial charge in [0, 0.05) is 32.2 Å². The van der Waals surface area contributed by atoms with Crippen LogP contribution in [-0.4, -0.2) is 51.2 Å². The fourth-order valence-corrected chi connectivity index (χ4v) is 4.84. The maximum Gasteiger partial charge on any atom is 0.251 e. The molecule has 1 aromatic rings. The fourth-order valence-electron chi connectivity index (χ4n) is 3.63. The number of sulfonamides is 1. The van der Waals surface area contributed by atoms with E-state index in [1.165, 1.54) is 61.7 Å². The number of hydrogen-bond donors (Lipinski definition) is 2. The molecule has 0 atom stereocenters. The van der Waals surface area contributed by atoms with Crippen LogP contribution in [0.5, 0.6) is 0 Å². The normalized spacial score (nSPS) is 15.0. The summed E-state index contributed by atoms with van der Waals surface area (Å²) in [6.07, 6.45) is 9.03. The predicted octanol–water partition coefficient (Wildman–Crippen LogP) is 2.70. The van der Waals surface area contributed by atoms with E-state index < -0.39 is 10.0 Å². The standard InChI is InChI=1S/C22H33N3O4S/c1-3-21(26)23-15-7-17-25(2)30(28,29)20-12-10-19(11-13-20)22(27)24-16-14-18-8-5-4-6-9-18/h3,10-13,18H,1,4-9,14-17H2,2H3,(H,23,26)(H,24,27). The molecule has 0 saturated heterocycles. The Bertz CT molecular complexity index is 815. The summed E-state index contributed by atoms with van der Waals surface area (Å²) < 4.78 is 26.6. The first kappa shape index (κ1) is 24.1. The molecule has 0 aliphatic heterocycles. The highest BCUT2D eigenvalue weighted by molar-refractivity contribution is 7.89. The van der Waals surface area contributed by atoms with Gasteiger partial charge in [-0.15, -0.1) is 0 Å². The first-order valence-electron chi connectivity index (χ1n) is 10.6. The second-order valence-corrected chi connectivity index (χ2v) is 9.79. The molecule has 7 nitrogen and oxygen atoms in total. The van der Waals surface area contributed by atoms with Gasteiger partial charge in [0.15, 0.2) is 0 Å². The van der Waals surface area contributed by atoms with Crippen molar-refractivity contribution in [1.82, 2.24) is 14.9 Å². The molecule has 8 heteroatoms. The zero-order chi connectivity index (χ0) is 22.0. The number of rotatable bonds is 11. The summed E-state index contributed by atoms with van der Waals surface area (Å²) in [6, 6.07) is 6.00. The lowest BCUT2D eigenvalue weighted by Crippen LogP contribution is -2.31. The summed E-state index contributed by atoms with van der Waals surface area (Å²) in [4.78, 5) is 23.6. The number of benzene rings is 1. The Morgan fingerprint density at radius 2 is 1.77 bits per heavy atom. The first-order valence-corrected chi connectivity index (χ1v) is 12.0. The summed E-state index contributed by atoms with van der Waals surface area (Å²) >= 11 is 0. The van der Waals surface area contributed by atoms with Crippen LogP contribution in [0.1, 0.15) is 55.3 Å². The lowest BCUT2D eigenvalue weighted by Gasteiger charge is -2.21. The second-order valence-electron chi connectivity index (χ2n) is 7.75. The van der Waals surface area contributed by atoms with E-state index in [9.17, 15) is 18.0 Å². The molecule has 2 amide bonds. The van der Waals surface area contributed by atoms with E-state index in [1.54, 1.807) is 12.1 Å². The molecule has 166 valence electrons. The molecule has 2 N–H and O–H groups in total. The van der Waals surface area contributed by atoms with Crippen LogP contribution in [-0.2, 0) is 14.8 Å². The highest BCUT2D eigenvalue weighted by atomic mass is 32.2. The van der Waals surface area contributed by atoms with E-state index >= 15 is 0 Å². The molecule has 2 rings (SSSR count). The van der Waals surface area contributed by atoms with Gasteiger partial charge in [0.05, 0.1) is 4.90 Å². The summed E-state index contributed by atoms with van der Waals surface area (Å²) in [5, 5.41) is 5.55. The van der Waals surface area contributed by atoms with Crippen LogP contribution >= 0.6 is 0 Å². The molecule has 1 fully saturated rings. The van der Waals surface area contributed by atoms with E-state index in [0.29, 0.717) is 31.0 Å². The average Bonchev–Trinajstić information content (AvgIpc) is 2.77. The van der Waals surface area contributed by atoms with Crippen molar-refractivity contribution in [3.8, 4) is 0 Å². The largest absolute Gasteiger partial charge is 0.353 e. The minimum absolute atomic E-state index is 0.138. The van der Waals surface area contributed by atoms with Gasteiger partial charge in [-0.25, -0.2) is 12.7 Å². The summed E-state index contributed by atoms with van der Waals surface area (Å²) in [6.45, 7) is 4.64. The number of hydrogen-bond acceptors (Lipinski definition) is 4. The number of amides is 2. The quantitative estimate of drug-likeness (QED) is 0.413. The highest BCUT2D eigenvalue weighted by Gasteiger charge is 2.21. The van der Waals surface area contributed by atoms with Gasteiger partial charge < -0.3 is 10.6 Å². The second kappa shape index (κ2) is 11.9. The molecule has 0 spiro atoms. The van der Waals surface area contributed by atoms with Crippen LogP contribution in [0.15, 0.2) is 41.8 Å². The van der Waals surface area contributed by atoms with E-state index in [1.807, 2.05) is 0 Å². The average molecular weight is 436 g/mol. The van der Waals surface area contributed by atoms with Crippen LogP contribution in [0.25, 0.3) is 0 Å². The highest BCUT2D eigenvalue weighted by Crippen LogP contribution is 2.25. The van der Waals surface area contributed by atoms with Crippen molar-refractivity contribution in [2.75, 3.05) is 26.7 Å². The zero-order valence-corrected chi connectivity index (χ0v) is 18.5. The monoisotopic (exact) mass is 435 g/mol. The van der Waals surface area contributed by atoms with Crippen molar-refractivity contribution in [3.05, 3.63) is 42.5 Å². The molecule has 1 saturated carbocycles. The topological polar surface area (TPSA) is 95.6 Å². The van der Waals surface area contributed by atoms with Gasteiger partial charge in [-0.1, -0.05) is 38.7 Å². The Kier molecular flexibility index (Phi) is 9.52. The maximum atomic E-state index is 12.7. The van der Waals surface area contributed by atoms with Crippen molar-refractivity contribution < 1.29 is 18.0 Å². The van der Waals surface area contributed by atoms with Crippen molar-refractivity contribution in [1.29, 1.82) is 0 Å². The lowest BCUT2D eigenvalue weighted by atomic mass is 9.87. The smallest absolute Gasteiger partial charge is 0.251 e. The molecule has 1 aromatic carbocycles. The Morgan fingerprint density at radius 1 is 1.10 bits per heavy atom. The summed E-state index contributed by atoms with van der Waals surface area (Å²) in [5.41, 5.74) is 0.451. The first-order chi connectivity index (χ1) is 14.3.